The standard InChI is InChI=1S/C20H18ClFN4O3/c21-17-11-15(4-5-16(17)20(27)26-6-8-28-9-7-26)23-12-18-24-25-19(29-18)13-2-1-3-14(22)10-13/h1-5,10-11,23H,6-9,12H2. The molecule has 0 aliphatic carbocycles. The van der Waals surface area contributed by atoms with E-state index >= 15 is 0 Å². The maximum Gasteiger partial charge on any atom is 0.255 e. The molecule has 4 rings (SSSR count). The molecule has 0 bridgehead atoms. The number of halogens is 2. The molecular formula is C20H18ClFN4O3. The lowest BCUT2D eigenvalue weighted by atomic mass is 10.1. The van der Waals surface area contributed by atoms with Crippen LogP contribution in [0.5, 0.6) is 0 Å². The van der Waals surface area contributed by atoms with Crippen LogP contribution in [0.2, 0.25) is 5.02 Å². The molecule has 1 aliphatic heterocycles. The quantitative estimate of drug-likeness (QED) is 0.684. The van der Waals surface area contributed by atoms with Gasteiger partial charge in [-0.15, -0.1) is 10.2 Å². The van der Waals surface area contributed by atoms with E-state index in [2.05, 4.69) is 15.5 Å². The summed E-state index contributed by atoms with van der Waals surface area (Å²) in [5.74, 6) is 0.0999. The number of morpholine rings is 1. The van der Waals surface area contributed by atoms with Gasteiger partial charge in [-0.2, -0.15) is 0 Å². The van der Waals surface area contributed by atoms with Crippen molar-refractivity contribution < 1.29 is 18.3 Å². The molecule has 1 aliphatic rings. The van der Waals surface area contributed by atoms with Crippen molar-refractivity contribution in [3.63, 3.8) is 0 Å². The predicted molar refractivity (Wildman–Crippen MR) is 105 cm³/mol. The van der Waals surface area contributed by atoms with Crippen molar-refractivity contribution in [2.45, 2.75) is 6.54 Å². The van der Waals surface area contributed by atoms with Gasteiger partial charge in [0.05, 0.1) is 30.3 Å². The molecule has 0 unspecified atom stereocenters. The minimum absolute atomic E-state index is 0.110. The molecule has 9 heteroatoms. The van der Waals surface area contributed by atoms with Crippen LogP contribution < -0.4 is 5.32 Å². The molecule has 0 saturated carbocycles. The normalized spacial score (nSPS) is 14.1. The topological polar surface area (TPSA) is 80.5 Å². The molecule has 0 spiro atoms. The fourth-order valence-corrected chi connectivity index (χ4v) is 3.24. The van der Waals surface area contributed by atoms with Crippen molar-refractivity contribution in [1.29, 1.82) is 0 Å². The van der Waals surface area contributed by atoms with E-state index in [0.717, 1.165) is 0 Å². The third-order valence-corrected chi connectivity index (χ3v) is 4.79. The molecular weight excluding hydrogens is 399 g/mol. The number of nitrogens with zero attached hydrogens (tertiary/aromatic N) is 3. The van der Waals surface area contributed by atoms with Gasteiger partial charge in [-0.25, -0.2) is 4.39 Å². The van der Waals surface area contributed by atoms with Crippen LogP contribution in [0.25, 0.3) is 11.5 Å². The third-order valence-electron chi connectivity index (χ3n) is 4.48. The first kappa shape index (κ1) is 19.4. The summed E-state index contributed by atoms with van der Waals surface area (Å²) in [6, 6.07) is 11.1. The molecule has 3 aromatic rings. The Labute approximate surface area is 171 Å². The van der Waals surface area contributed by atoms with E-state index in [-0.39, 0.29) is 24.2 Å². The number of benzene rings is 2. The average Bonchev–Trinajstić information content (AvgIpc) is 3.22. The third kappa shape index (κ3) is 4.55. The van der Waals surface area contributed by atoms with E-state index in [4.69, 9.17) is 20.8 Å². The Morgan fingerprint density at radius 3 is 2.76 bits per heavy atom. The molecule has 1 amide bonds. The molecule has 1 fully saturated rings. The number of rotatable bonds is 5. The maximum atomic E-state index is 13.3. The number of aromatic nitrogens is 2. The highest BCUT2D eigenvalue weighted by Crippen LogP contribution is 2.24. The monoisotopic (exact) mass is 416 g/mol. The number of carbonyl (C=O) groups excluding carboxylic acids is 1. The van der Waals surface area contributed by atoms with Crippen LogP contribution in [-0.4, -0.2) is 47.3 Å². The molecule has 0 atom stereocenters. The van der Waals surface area contributed by atoms with Crippen molar-refractivity contribution >= 4 is 23.2 Å². The Kier molecular flexibility index (Phi) is 5.73. The first-order chi connectivity index (χ1) is 14.1. The fraction of sp³-hybridized carbons (Fsp3) is 0.250. The summed E-state index contributed by atoms with van der Waals surface area (Å²) < 4.78 is 24.2. The van der Waals surface area contributed by atoms with Gasteiger partial charge in [0.1, 0.15) is 5.82 Å². The Hall–Kier alpha value is -2.97. The minimum atomic E-state index is -0.373. The van der Waals surface area contributed by atoms with Crippen LogP contribution >= 0.6 is 11.6 Å². The second-order valence-corrected chi connectivity index (χ2v) is 6.87. The summed E-state index contributed by atoms with van der Waals surface area (Å²) in [4.78, 5) is 14.3. The van der Waals surface area contributed by atoms with Crippen molar-refractivity contribution in [2.75, 3.05) is 31.6 Å². The molecule has 7 nitrogen and oxygen atoms in total. The summed E-state index contributed by atoms with van der Waals surface area (Å²) in [5, 5.41) is 11.4. The first-order valence-electron chi connectivity index (χ1n) is 9.09. The largest absolute Gasteiger partial charge is 0.419 e. The van der Waals surface area contributed by atoms with E-state index in [1.165, 1.54) is 12.1 Å². The summed E-state index contributed by atoms with van der Waals surface area (Å²) in [6.45, 7) is 2.44. The van der Waals surface area contributed by atoms with Gasteiger partial charge in [-0.3, -0.25) is 4.79 Å². The van der Waals surface area contributed by atoms with Gasteiger partial charge in [0.2, 0.25) is 11.8 Å². The Balaban J connectivity index is 1.40. The Morgan fingerprint density at radius 2 is 2.00 bits per heavy atom. The number of ether oxygens (including phenoxy) is 1. The molecule has 1 N–H and O–H groups in total. The van der Waals surface area contributed by atoms with Gasteiger partial charge in [0.15, 0.2) is 0 Å². The van der Waals surface area contributed by atoms with E-state index in [0.29, 0.717) is 54.0 Å². The van der Waals surface area contributed by atoms with E-state index in [9.17, 15) is 9.18 Å². The zero-order chi connectivity index (χ0) is 20.2. The molecule has 1 saturated heterocycles. The van der Waals surface area contributed by atoms with Crippen LogP contribution in [-0.2, 0) is 11.3 Å². The smallest absolute Gasteiger partial charge is 0.255 e. The van der Waals surface area contributed by atoms with Crippen LogP contribution in [0.15, 0.2) is 46.9 Å². The zero-order valence-corrected chi connectivity index (χ0v) is 16.2. The summed E-state index contributed by atoms with van der Waals surface area (Å²) >= 11 is 6.32. The van der Waals surface area contributed by atoms with Gasteiger partial charge in [-0.05, 0) is 36.4 Å². The number of hydrogen-bond donors (Lipinski definition) is 1. The molecule has 2 aromatic carbocycles. The number of anilines is 1. The lowest BCUT2D eigenvalue weighted by molar-refractivity contribution is 0.0303. The summed E-state index contributed by atoms with van der Waals surface area (Å²) in [5.41, 5.74) is 1.67. The zero-order valence-electron chi connectivity index (χ0n) is 15.4. The SMILES string of the molecule is O=C(c1ccc(NCc2nnc(-c3cccc(F)c3)o2)cc1Cl)N1CCOCC1. The lowest BCUT2D eigenvalue weighted by Gasteiger charge is -2.27. The van der Waals surface area contributed by atoms with Crippen molar-refractivity contribution in [3.05, 3.63) is 64.8 Å². The van der Waals surface area contributed by atoms with Crippen LogP contribution in [0, 0.1) is 5.82 Å². The van der Waals surface area contributed by atoms with Crippen LogP contribution in [0.3, 0.4) is 0 Å². The highest BCUT2D eigenvalue weighted by atomic mass is 35.5. The number of nitrogens with one attached hydrogen (secondary N) is 1. The second-order valence-electron chi connectivity index (χ2n) is 6.46. The van der Waals surface area contributed by atoms with Crippen molar-refractivity contribution in [1.82, 2.24) is 15.1 Å². The van der Waals surface area contributed by atoms with E-state index in [1.54, 1.807) is 35.2 Å². The van der Waals surface area contributed by atoms with Gasteiger partial charge >= 0.3 is 0 Å². The van der Waals surface area contributed by atoms with E-state index < -0.39 is 0 Å². The highest BCUT2D eigenvalue weighted by Gasteiger charge is 2.20. The fourth-order valence-electron chi connectivity index (χ4n) is 2.98. The predicted octanol–water partition coefficient (Wildman–Crippen LogP) is 3.61. The summed E-state index contributed by atoms with van der Waals surface area (Å²) in [6.07, 6.45) is 0. The molecule has 1 aromatic heterocycles. The average molecular weight is 417 g/mol. The molecule has 0 radical (unpaired) electrons. The first-order valence-corrected chi connectivity index (χ1v) is 9.47. The maximum absolute atomic E-state index is 13.3. The van der Waals surface area contributed by atoms with E-state index in [1.807, 2.05) is 0 Å². The molecule has 150 valence electrons. The molecule has 2 heterocycles. The minimum Gasteiger partial charge on any atom is -0.419 e. The van der Waals surface area contributed by atoms with Crippen molar-refractivity contribution in [3.8, 4) is 11.5 Å². The number of carbonyl (C=O) groups is 1. The van der Waals surface area contributed by atoms with Crippen molar-refractivity contribution in [2.24, 2.45) is 0 Å². The van der Waals surface area contributed by atoms with Gasteiger partial charge in [-0.1, -0.05) is 17.7 Å². The highest BCUT2D eigenvalue weighted by molar-refractivity contribution is 6.34. The van der Waals surface area contributed by atoms with Crippen LogP contribution in [0.1, 0.15) is 16.2 Å². The van der Waals surface area contributed by atoms with Gasteiger partial charge in [0.25, 0.3) is 5.91 Å². The second kappa shape index (κ2) is 8.59. The summed E-state index contributed by atoms with van der Waals surface area (Å²) in [7, 11) is 0. The van der Waals surface area contributed by atoms with Crippen LogP contribution in [0.4, 0.5) is 10.1 Å². The Bertz CT molecular complexity index is 1020. The van der Waals surface area contributed by atoms with Gasteiger partial charge < -0.3 is 19.4 Å². The number of amides is 1. The molecule has 29 heavy (non-hydrogen) atoms. The Morgan fingerprint density at radius 1 is 1.17 bits per heavy atom. The lowest BCUT2D eigenvalue weighted by Crippen LogP contribution is -2.40. The van der Waals surface area contributed by atoms with Gasteiger partial charge in [0, 0.05) is 24.3 Å². The number of hydrogen-bond acceptors (Lipinski definition) is 6.